The fourth-order valence-corrected chi connectivity index (χ4v) is 1.93. The Bertz CT molecular complexity index is 301. The number of pyridine rings is 1. The molecule has 0 amide bonds. The van der Waals surface area contributed by atoms with Crippen LogP contribution in [-0.4, -0.2) is 4.98 Å². The van der Waals surface area contributed by atoms with E-state index in [0.717, 1.165) is 9.13 Å². The second kappa shape index (κ2) is 4.20. The van der Waals surface area contributed by atoms with Crippen molar-refractivity contribution in [2.75, 3.05) is 0 Å². The van der Waals surface area contributed by atoms with Crippen molar-refractivity contribution in [3.63, 3.8) is 0 Å². The lowest BCUT2D eigenvalue weighted by atomic mass is 10.1. The number of halogens is 2. The van der Waals surface area contributed by atoms with Crippen LogP contribution in [0.1, 0.15) is 11.6 Å². The van der Waals surface area contributed by atoms with Crippen LogP contribution in [0.3, 0.4) is 0 Å². The SMILES string of the molecule is C=C[C@H](N)c1cnc(Cl)cc1I. The smallest absolute Gasteiger partial charge is 0.130 e. The third kappa shape index (κ3) is 2.18. The number of nitrogens with zero attached hydrogens (tertiary/aromatic N) is 1. The Morgan fingerprint density at radius 3 is 2.92 bits per heavy atom. The molecule has 0 saturated carbocycles. The molecule has 0 unspecified atom stereocenters. The molecule has 64 valence electrons. The van der Waals surface area contributed by atoms with Crippen molar-refractivity contribution in [2.24, 2.45) is 5.73 Å². The van der Waals surface area contributed by atoms with Gasteiger partial charge in [-0.25, -0.2) is 4.98 Å². The second-order valence-electron chi connectivity index (χ2n) is 2.29. The van der Waals surface area contributed by atoms with E-state index in [9.17, 15) is 0 Å². The van der Waals surface area contributed by atoms with Gasteiger partial charge >= 0.3 is 0 Å². The molecule has 0 saturated heterocycles. The summed E-state index contributed by atoms with van der Waals surface area (Å²) in [7, 11) is 0. The Hall–Kier alpha value is -0.130. The van der Waals surface area contributed by atoms with E-state index in [0.29, 0.717) is 5.15 Å². The molecular weight excluding hydrogens is 286 g/mol. The molecule has 1 rings (SSSR count). The minimum Gasteiger partial charge on any atom is -0.321 e. The van der Waals surface area contributed by atoms with Gasteiger partial charge in [-0.15, -0.1) is 6.58 Å². The van der Waals surface area contributed by atoms with Gasteiger partial charge in [-0.2, -0.15) is 0 Å². The van der Waals surface area contributed by atoms with Crippen LogP contribution in [0.25, 0.3) is 0 Å². The van der Waals surface area contributed by atoms with Gasteiger partial charge in [0.15, 0.2) is 0 Å². The van der Waals surface area contributed by atoms with Crippen molar-refractivity contribution in [1.82, 2.24) is 4.98 Å². The molecule has 12 heavy (non-hydrogen) atoms. The van der Waals surface area contributed by atoms with E-state index < -0.39 is 0 Å². The van der Waals surface area contributed by atoms with Crippen LogP contribution in [0, 0.1) is 3.57 Å². The number of aromatic nitrogens is 1. The Morgan fingerprint density at radius 2 is 2.42 bits per heavy atom. The first-order valence-electron chi connectivity index (χ1n) is 3.34. The number of rotatable bonds is 2. The molecule has 0 bridgehead atoms. The van der Waals surface area contributed by atoms with Gasteiger partial charge in [0.2, 0.25) is 0 Å². The Balaban J connectivity index is 3.09. The lowest BCUT2D eigenvalue weighted by Gasteiger charge is -2.07. The van der Waals surface area contributed by atoms with Crippen LogP contribution >= 0.6 is 34.2 Å². The average molecular weight is 295 g/mol. The van der Waals surface area contributed by atoms with Gasteiger partial charge in [0.05, 0.1) is 6.04 Å². The maximum absolute atomic E-state index is 5.74. The summed E-state index contributed by atoms with van der Waals surface area (Å²) in [6.45, 7) is 3.61. The summed E-state index contributed by atoms with van der Waals surface area (Å²) < 4.78 is 1.01. The zero-order chi connectivity index (χ0) is 9.14. The lowest BCUT2D eigenvalue weighted by molar-refractivity contribution is 0.896. The topological polar surface area (TPSA) is 38.9 Å². The van der Waals surface area contributed by atoms with Crippen molar-refractivity contribution in [1.29, 1.82) is 0 Å². The van der Waals surface area contributed by atoms with Gasteiger partial charge in [-0.3, -0.25) is 0 Å². The highest BCUT2D eigenvalue weighted by Crippen LogP contribution is 2.20. The number of hydrogen-bond donors (Lipinski definition) is 1. The van der Waals surface area contributed by atoms with Crippen LogP contribution in [0.2, 0.25) is 5.15 Å². The summed E-state index contributed by atoms with van der Waals surface area (Å²) in [6.07, 6.45) is 3.35. The van der Waals surface area contributed by atoms with Gasteiger partial charge in [0, 0.05) is 15.3 Å². The zero-order valence-corrected chi connectivity index (χ0v) is 9.21. The molecule has 0 aliphatic carbocycles. The predicted molar refractivity (Wildman–Crippen MR) is 59.1 cm³/mol. The normalized spacial score (nSPS) is 12.6. The molecule has 1 aromatic rings. The van der Waals surface area contributed by atoms with Crippen molar-refractivity contribution in [3.8, 4) is 0 Å². The minimum absolute atomic E-state index is 0.165. The Morgan fingerprint density at radius 1 is 1.75 bits per heavy atom. The molecule has 1 atom stereocenters. The molecular formula is C8H8ClIN2. The summed E-state index contributed by atoms with van der Waals surface area (Å²) in [6, 6.07) is 1.61. The summed E-state index contributed by atoms with van der Waals surface area (Å²) in [5.41, 5.74) is 6.69. The van der Waals surface area contributed by atoms with Crippen molar-refractivity contribution in [2.45, 2.75) is 6.04 Å². The maximum Gasteiger partial charge on any atom is 0.130 e. The third-order valence-corrected chi connectivity index (χ3v) is 2.60. The van der Waals surface area contributed by atoms with Crippen LogP contribution in [0.5, 0.6) is 0 Å². The van der Waals surface area contributed by atoms with E-state index in [1.165, 1.54) is 0 Å². The highest BCUT2D eigenvalue weighted by molar-refractivity contribution is 14.1. The lowest BCUT2D eigenvalue weighted by Crippen LogP contribution is -2.08. The summed E-state index contributed by atoms with van der Waals surface area (Å²) in [4.78, 5) is 3.94. The highest BCUT2D eigenvalue weighted by Gasteiger charge is 2.06. The van der Waals surface area contributed by atoms with E-state index in [1.807, 2.05) is 0 Å². The Labute approximate surface area is 90.0 Å². The van der Waals surface area contributed by atoms with E-state index in [1.54, 1.807) is 18.3 Å². The highest BCUT2D eigenvalue weighted by atomic mass is 127. The zero-order valence-electron chi connectivity index (χ0n) is 6.30. The first kappa shape index (κ1) is 9.95. The number of nitrogens with two attached hydrogens (primary N) is 1. The van der Waals surface area contributed by atoms with Gasteiger partial charge in [0.1, 0.15) is 5.15 Å². The fourth-order valence-electron chi connectivity index (χ4n) is 0.790. The van der Waals surface area contributed by atoms with Crippen molar-refractivity contribution >= 4 is 34.2 Å². The number of hydrogen-bond acceptors (Lipinski definition) is 2. The fraction of sp³-hybridized carbons (Fsp3) is 0.125. The molecule has 1 aromatic heterocycles. The van der Waals surface area contributed by atoms with E-state index in [-0.39, 0.29) is 6.04 Å². The van der Waals surface area contributed by atoms with Crippen LogP contribution in [-0.2, 0) is 0 Å². The molecule has 0 aromatic carbocycles. The van der Waals surface area contributed by atoms with E-state index in [4.69, 9.17) is 17.3 Å². The quantitative estimate of drug-likeness (QED) is 0.517. The van der Waals surface area contributed by atoms with Gasteiger partial charge < -0.3 is 5.73 Å². The van der Waals surface area contributed by atoms with Gasteiger partial charge in [0.25, 0.3) is 0 Å². The second-order valence-corrected chi connectivity index (χ2v) is 3.84. The van der Waals surface area contributed by atoms with Crippen molar-refractivity contribution < 1.29 is 0 Å². The Kier molecular flexibility index (Phi) is 3.49. The van der Waals surface area contributed by atoms with Crippen LogP contribution < -0.4 is 5.73 Å². The summed E-state index contributed by atoms with van der Waals surface area (Å²) in [5.74, 6) is 0. The third-order valence-electron chi connectivity index (χ3n) is 1.46. The monoisotopic (exact) mass is 294 g/mol. The molecule has 0 radical (unpaired) electrons. The molecule has 0 fully saturated rings. The molecule has 0 aliphatic rings. The predicted octanol–water partition coefficient (Wildman–Crippen LogP) is 2.53. The molecule has 1 heterocycles. The molecule has 2 nitrogen and oxygen atoms in total. The van der Waals surface area contributed by atoms with Gasteiger partial charge in [-0.05, 0) is 28.7 Å². The molecule has 0 aliphatic heterocycles. The molecule has 4 heteroatoms. The van der Waals surface area contributed by atoms with E-state index >= 15 is 0 Å². The standard InChI is InChI=1S/C8H8ClIN2/c1-2-7(11)5-4-12-8(9)3-6(5)10/h2-4,7H,1,11H2/t7-/m0/s1. The van der Waals surface area contributed by atoms with Gasteiger partial charge in [-0.1, -0.05) is 17.7 Å². The van der Waals surface area contributed by atoms with E-state index in [2.05, 4.69) is 34.2 Å². The van der Waals surface area contributed by atoms with Crippen LogP contribution in [0.15, 0.2) is 24.9 Å². The first-order valence-corrected chi connectivity index (χ1v) is 4.80. The first-order chi connectivity index (χ1) is 5.65. The minimum atomic E-state index is -0.165. The van der Waals surface area contributed by atoms with Crippen LogP contribution in [0.4, 0.5) is 0 Å². The largest absolute Gasteiger partial charge is 0.321 e. The molecule has 0 spiro atoms. The average Bonchev–Trinajstić information content (AvgIpc) is 2.03. The summed E-state index contributed by atoms with van der Waals surface area (Å²) >= 11 is 7.85. The van der Waals surface area contributed by atoms with Crippen molar-refractivity contribution in [3.05, 3.63) is 39.2 Å². The summed E-state index contributed by atoms with van der Waals surface area (Å²) in [5, 5.41) is 0.486. The molecule has 2 N–H and O–H groups in total. The maximum atomic E-state index is 5.74.